The van der Waals surface area contributed by atoms with Crippen molar-refractivity contribution in [3.63, 3.8) is 0 Å². The quantitative estimate of drug-likeness (QED) is 0.539. The van der Waals surface area contributed by atoms with Crippen LogP contribution in [0.2, 0.25) is 0 Å². The Hall–Kier alpha value is -2.67. The van der Waals surface area contributed by atoms with E-state index in [2.05, 4.69) is 21.7 Å². The van der Waals surface area contributed by atoms with E-state index in [1.54, 1.807) is 33.1 Å². The minimum Gasteiger partial charge on any atom is -0.497 e. The largest absolute Gasteiger partial charge is 0.497 e. The van der Waals surface area contributed by atoms with Crippen molar-refractivity contribution < 1.29 is 14.2 Å². The average molecular weight is 385 g/mol. The van der Waals surface area contributed by atoms with Gasteiger partial charge in [-0.3, -0.25) is 0 Å². The lowest BCUT2D eigenvalue weighted by atomic mass is 10.2. The maximum atomic E-state index is 5.46. The van der Waals surface area contributed by atoms with Gasteiger partial charge < -0.3 is 18.8 Å². The fraction of sp³-hybridized carbons (Fsp3) is 0.300. The maximum absolute atomic E-state index is 5.46. The van der Waals surface area contributed by atoms with Crippen molar-refractivity contribution in [3.05, 3.63) is 48.0 Å². The molecule has 2 aromatic carbocycles. The molecule has 0 saturated carbocycles. The van der Waals surface area contributed by atoms with E-state index in [1.807, 2.05) is 42.5 Å². The van der Waals surface area contributed by atoms with Crippen molar-refractivity contribution in [2.75, 3.05) is 21.3 Å². The van der Waals surface area contributed by atoms with E-state index >= 15 is 0 Å². The number of ether oxygens (including phenoxy) is 3. The molecule has 27 heavy (non-hydrogen) atoms. The second kappa shape index (κ2) is 8.81. The zero-order valence-electron chi connectivity index (χ0n) is 15.9. The van der Waals surface area contributed by atoms with Crippen LogP contribution in [0.25, 0.3) is 11.4 Å². The number of nitrogens with zero attached hydrogens (tertiary/aromatic N) is 3. The molecule has 0 aliphatic heterocycles. The van der Waals surface area contributed by atoms with Gasteiger partial charge in [0.05, 0.1) is 21.3 Å². The standard InChI is InChI=1S/C20H23N3O3S/c1-5-23-19(14-6-8-16(24-2)9-7-14)21-22-20(23)27-13-15-12-17(25-3)10-11-18(15)26-4/h6-12H,5,13H2,1-4H3. The van der Waals surface area contributed by atoms with Gasteiger partial charge in [0, 0.05) is 23.4 Å². The van der Waals surface area contributed by atoms with E-state index in [0.717, 1.165) is 45.9 Å². The Morgan fingerprint density at radius 1 is 0.889 bits per heavy atom. The Kier molecular flexibility index (Phi) is 6.24. The van der Waals surface area contributed by atoms with E-state index in [0.29, 0.717) is 5.75 Å². The first-order chi connectivity index (χ1) is 13.2. The molecule has 0 amide bonds. The van der Waals surface area contributed by atoms with Gasteiger partial charge in [0.15, 0.2) is 11.0 Å². The van der Waals surface area contributed by atoms with Gasteiger partial charge in [0.25, 0.3) is 0 Å². The molecule has 3 aromatic rings. The first-order valence-corrected chi connectivity index (χ1v) is 9.60. The van der Waals surface area contributed by atoms with Crippen LogP contribution >= 0.6 is 11.8 Å². The molecule has 0 atom stereocenters. The Balaban J connectivity index is 1.83. The minimum atomic E-state index is 0.709. The number of hydrogen-bond acceptors (Lipinski definition) is 6. The smallest absolute Gasteiger partial charge is 0.191 e. The van der Waals surface area contributed by atoms with Gasteiger partial charge in [-0.2, -0.15) is 0 Å². The van der Waals surface area contributed by atoms with Crippen molar-refractivity contribution in [2.24, 2.45) is 0 Å². The third kappa shape index (κ3) is 4.19. The van der Waals surface area contributed by atoms with Crippen molar-refractivity contribution in [1.82, 2.24) is 14.8 Å². The summed E-state index contributed by atoms with van der Waals surface area (Å²) in [5, 5.41) is 9.66. The van der Waals surface area contributed by atoms with Crippen LogP contribution in [0.5, 0.6) is 17.2 Å². The van der Waals surface area contributed by atoms with Crippen LogP contribution in [0.1, 0.15) is 12.5 Å². The summed E-state index contributed by atoms with van der Waals surface area (Å²) in [6.07, 6.45) is 0. The second-order valence-electron chi connectivity index (χ2n) is 5.75. The van der Waals surface area contributed by atoms with Crippen molar-refractivity contribution in [1.29, 1.82) is 0 Å². The number of hydrogen-bond donors (Lipinski definition) is 0. The monoisotopic (exact) mass is 385 g/mol. The summed E-state index contributed by atoms with van der Waals surface area (Å²) in [7, 11) is 4.99. The predicted molar refractivity (Wildman–Crippen MR) is 107 cm³/mol. The van der Waals surface area contributed by atoms with Crippen LogP contribution < -0.4 is 14.2 Å². The SMILES string of the molecule is CCn1c(SCc2cc(OC)ccc2OC)nnc1-c1ccc(OC)cc1. The Labute approximate surface area is 163 Å². The number of aromatic nitrogens is 3. The van der Waals surface area contributed by atoms with Crippen LogP contribution in [-0.2, 0) is 12.3 Å². The number of methoxy groups -OCH3 is 3. The maximum Gasteiger partial charge on any atom is 0.191 e. The molecule has 0 bridgehead atoms. The molecule has 0 fully saturated rings. The molecule has 0 aliphatic carbocycles. The summed E-state index contributed by atoms with van der Waals surface area (Å²) in [6.45, 7) is 2.87. The minimum absolute atomic E-state index is 0.709. The highest BCUT2D eigenvalue weighted by Gasteiger charge is 2.15. The first kappa shape index (κ1) is 19.1. The van der Waals surface area contributed by atoms with E-state index in [9.17, 15) is 0 Å². The van der Waals surface area contributed by atoms with Gasteiger partial charge in [0.2, 0.25) is 0 Å². The normalized spacial score (nSPS) is 10.7. The molecule has 0 radical (unpaired) electrons. The molecular weight excluding hydrogens is 362 g/mol. The van der Waals surface area contributed by atoms with Gasteiger partial charge in [-0.1, -0.05) is 11.8 Å². The van der Waals surface area contributed by atoms with Crippen LogP contribution in [-0.4, -0.2) is 36.1 Å². The van der Waals surface area contributed by atoms with E-state index in [1.165, 1.54) is 0 Å². The lowest BCUT2D eigenvalue weighted by Gasteiger charge is -2.11. The lowest BCUT2D eigenvalue weighted by molar-refractivity contribution is 0.400. The van der Waals surface area contributed by atoms with E-state index in [-0.39, 0.29) is 0 Å². The molecule has 6 nitrogen and oxygen atoms in total. The Bertz CT molecular complexity index is 894. The second-order valence-corrected chi connectivity index (χ2v) is 6.69. The average Bonchev–Trinajstić information content (AvgIpc) is 3.14. The summed E-state index contributed by atoms with van der Waals surface area (Å²) in [5.41, 5.74) is 2.06. The summed E-state index contributed by atoms with van der Waals surface area (Å²) in [5.74, 6) is 4.02. The van der Waals surface area contributed by atoms with Crippen LogP contribution in [0.3, 0.4) is 0 Å². The third-order valence-electron chi connectivity index (χ3n) is 4.23. The molecule has 0 saturated heterocycles. The highest BCUT2D eigenvalue weighted by molar-refractivity contribution is 7.98. The summed E-state index contributed by atoms with van der Waals surface area (Å²) < 4.78 is 18.1. The fourth-order valence-corrected chi connectivity index (χ4v) is 3.75. The van der Waals surface area contributed by atoms with Crippen molar-refractivity contribution in [3.8, 4) is 28.6 Å². The van der Waals surface area contributed by atoms with Gasteiger partial charge in [-0.05, 0) is 49.4 Å². The highest BCUT2D eigenvalue weighted by Crippen LogP contribution is 2.32. The Morgan fingerprint density at radius 3 is 2.22 bits per heavy atom. The summed E-state index contributed by atoms with van der Waals surface area (Å²) in [4.78, 5) is 0. The lowest BCUT2D eigenvalue weighted by Crippen LogP contribution is -2.00. The molecule has 7 heteroatoms. The summed E-state index contributed by atoms with van der Waals surface area (Å²) in [6, 6.07) is 13.6. The van der Waals surface area contributed by atoms with Gasteiger partial charge in [-0.25, -0.2) is 0 Å². The molecular formula is C20H23N3O3S. The molecule has 1 heterocycles. The molecule has 0 N–H and O–H groups in total. The first-order valence-electron chi connectivity index (χ1n) is 8.61. The predicted octanol–water partition coefficient (Wildman–Crippen LogP) is 4.28. The van der Waals surface area contributed by atoms with Crippen molar-refractivity contribution >= 4 is 11.8 Å². The number of rotatable bonds is 8. The van der Waals surface area contributed by atoms with E-state index < -0.39 is 0 Å². The topological polar surface area (TPSA) is 58.4 Å². The number of benzene rings is 2. The molecule has 0 aliphatic rings. The molecule has 1 aromatic heterocycles. The Morgan fingerprint density at radius 2 is 1.59 bits per heavy atom. The van der Waals surface area contributed by atoms with Gasteiger partial charge >= 0.3 is 0 Å². The van der Waals surface area contributed by atoms with E-state index in [4.69, 9.17) is 14.2 Å². The fourth-order valence-electron chi connectivity index (χ4n) is 2.77. The molecule has 142 valence electrons. The van der Waals surface area contributed by atoms with Crippen LogP contribution in [0, 0.1) is 0 Å². The molecule has 0 unspecified atom stereocenters. The molecule has 0 spiro atoms. The number of thioether (sulfide) groups is 1. The van der Waals surface area contributed by atoms with Crippen LogP contribution in [0.15, 0.2) is 47.6 Å². The zero-order chi connectivity index (χ0) is 19.2. The van der Waals surface area contributed by atoms with Crippen molar-refractivity contribution in [2.45, 2.75) is 24.4 Å². The van der Waals surface area contributed by atoms with Gasteiger partial charge in [0.1, 0.15) is 17.2 Å². The van der Waals surface area contributed by atoms with Gasteiger partial charge in [-0.15, -0.1) is 10.2 Å². The highest BCUT2D eigenvalue weighted by atomic mass is 32.2. The third-order valence-corrected chi connectivity index (χ3v) is 5.24. The van der Waals surface area contributed by atoms with Crippen LogP contribution in [0.4, 0.5) is 0 Å². The molecule has 3 rings (SSSR count). The summed E-state index contributed by atoms with van der Waals surface area (Å²) >= 11 is 1.63. The zero-order valence-corrected chi connectivity index (χ0v) is 16.7.